The first kappa shape index (κ1) is 9.65. The fraction of sp³-hybridized carbons (Fsp3) is 0.273. The first-order valence-electron chi connectivity index (χ1n) is 4.30. The third-order valence-electron chi connectivity index (χ3n) is 1.73. The Morgan fingerprint density at radius 2 is 2.00 bits per heavy atom. The normalized spacial score (nSPS) is 10.6. The van der Waals surface area contributed by atoms with E-state index in [4.69, 9.17) is 0 Å². The Bertz CT molecular complexity index is 292. The molecule has 2 heteroatoms. The second-order valence-electron chi connectivity index (χ2n) is 3.18. The quantitative estimate of drug-likeness (QED) is 0.763. The number of nitrogens with zero attached hydrogens (tertiary/aromatic N) is 1. The number of allylic oxidation sites excluding steroid dienone is 1. The van der Waals surface area contributed by atoms with Gasteiger partial charge in [0, 0.05) is 14.1 Å². The van der Waals surface area contributed by atoms with Gasteiger partial charge in [-0.15, -0.1) is 0 Å². The molecule has 0 aromatic heterocycles. The van der Waals surface area contributed by atoms with E-state index in [1.807, 2.05) is 49.5 Å². The van der Waals surface area contributed by atoms with Crippen molar-refractivity contribution in [3.8, 4) is 5.75 Å². The molecule has 0 fully saturated rings. The van der Waals surface area contributed by atoms with Crippen LogP contribution in [0.2, 0.25) is 0 Å². The van der Waals surface area contributed by atoms with Crippen LogP contribution in [0.1, 0.15) is 5.56 Å². The lowest BCUT2D eigenvalue weighted by Crippen LogP contribution is -2.00. The largest absolute Gasteiger partial charge is 0.508 e. The summed E-state index contributed by atoms with van der Waals surface area (Å²) in [6, 6.07) is 7.39. The maximum atomic E-state index is 9.43. The van der Waals surface area contributed by atoms with Gasteiger partial charge in [0.15, 0.2) is 0 Å². The molecule has 0 aliphatic heterocycles. The molecule has 0 heterocycles. The summed E-state index contributed by atoms with van der Waals surface area (Å²) in [5.74, 6) is 0.367. The predicted molar refractivity (Wildman–Crippen MR) is 54.6 cm³/mol. The van der Waals surface area contributed by atoms with Crippen molar-refractivity contribution in [2.45, 2.75) is 6.42 Å². The summed E-state index contributed by atoms with van der Waals surface area (Å²) in [5.41, 5.74) is 0.959. The standard InChI is InChI=1S/C11H15NO/c1-12(2)9-5-7-10-6-3-4-8-11(10)13/h3-6,8-9,13H,7H2,1-2H3. The van der Waals surface area contributed by atoms with Crippen molar-refractivity contribution < 1.29 is 5.11 Å². The topological polar surface area (TPSA) is 23.5 Å². The van der Waals surface area contributed by atoms with Gasteiger partial charge in [0.25, 0.3) is 0 Å². The van der Waals surface area contributed by atoms with Crippen LogP contribution >= 0.6 is 0 Å². The zero-order valence-electron chi connectivity index (χ0n) is 8.07. The Morgan fingerprint density at radius 1 is 1.31 bits per heavy atom. The average molecular weight is 177 g/mol. The number of hydrogen-bond donors (Lipinski definition) is 1. The zero-order valence-corrected chi connectivity index (χ0v) is 8.07. The first-order valence-corrected chi connectivity index (χ1v) is 4.30. The van der Waals surface area contributed by atoms with E-state index in [-0.39, 0.29) is 0 Å². The van der Waals surface area contributed by atoms with Crippen LogP contribution in [-0.4, -0.2) is 24.1 Å². The van der Waals surface area contributed by atoms with E-state index in [0.717, 1.165) is 12.0 Å². The molecule has 0 unspecified atom stereocenters. The van der Waals surface area contributed by atoms with Crippen LogP contribution in [-0.2, 0) is 6.42 Å². The minimum Gasteiger partial charge on any atom is -0.508 e. The van der Waals surface area contributed by atoms with Gasteiger partial charge >= 0.3 is 0 Å². The number of aromatic hydroxyl groups is 1. The molecule has 13 heavy (non-hydrogen) atoms. The van der Waals surface area contributed by atoms with E-state index in [2.05, 4.69) is 0 Å². The molecule has 70 valence electrons. The smallest absolute Gasteiger partial charge is 0.119 e. The van der Waals surface area contributed by atoms with Crippen molar-refractivity contribution >= 4 is 0 Å². The first-order chi connectivity index (χ1) is 6.20. The van der Waals surface area contributed by atoms with Gasteiger partial charge in [-0.1, -0.05) is 24.3 Å². The lowest BCUT2D eigenvalue weighted by Gasteiger charge is -2.04. The molecular weight excluding hydrogens is 162 g/mol. The summed E-state index contributed by atoms with van der Waals surface area (Å²) >= 11 is 0. The highest BCUT2D eigenvalue weighted by atomic mass is 16.3. The van der Waals surface area contributed by atoms with Crippen molar-refractivity contribution in [3.63, 3.8) is 0 Å². The van der Waals surface area contributed by atoms with Crippen LogP contribution in [0.25, 0.3) is 0 Å². The summed E-state index contributed by atoms with van der Waals surface area (Å²) in [7, 11) is 3.95. The van der Waals surface area contributed by atoms with Crippen molar-refractivity contribution in [2.24, 2.45) is 0 Å². The molecule has 0 aliphatic rings. The average Bonchev–Trinajstić information content (AvgIpc) is 2.08. The molecule has 0 atom stereocenters. The third-order valence-corrected chi connectivity index (χ3v) is 1.73. The molecule has 1 aromatic rings. The van der Waals surface area contributed by atoms with Gasteiger partial charge in [0.1, 0.15) is 5.75 Å². The Labute approximate surface area is 79.1 Å². The van der Waals surface area contributed by atoms with Gasteiger partial charge in [-0.05, 0) is 24.3 Å². The molecule has 0 aliphatic carbocycles. The maximum Gasteiger partial charge on any atom is 0.119 e. The molecule has 0 saturated heterocycles. The molecule has 1 N–H and O–H groups in total. The number of hydrogen-bond acceptors (Lipinski definition) is 2. The fourth-order valence-corrected chi connectivity index (χ4v) is 1.07. The van der Waals surface area contributed by atoms with E-state index in [1.54, 1.807) is 6.07 Å². The molecule has 1 rings (SSSR count). The van der Waals surface area contributed by atoms with Crippen molar-refractivity contribution in [3.05, 3.63) is 42.1 Å². The minimum absolute atomic E-state index is 0.367. The Hall–Kier alpha value is -1.44. The SMILES string of the molecule is CN(C)C=CCc1ccccc1O. The molecule has 0 bridgehead atoms. The summed E-state index contributed by atoms with van der Waals surface area (Å²) in [6.07, 6.45) is 4.77. The molecule has 2 nitrogen and oxygen atoms in total. The van der Waals surface area contributed by atoms with E-state index in [1.165, 1.54) is 0 Å². The van der Waals surface area contributed by atoms with Crippen LogP contribution in [0, 0.1) is 0 Å². The lowest BCUT2D eigenvalue weighted by atomic mass is 10.1. The summed E-state index contributed by atoms with van der Waals surface area (Å²) in [5, 5.41) is 9.43. The molecule has 0 radical (unpaired) electrons. The van der Waals surface area contributed by atoms with Gasteiger partial charge in [-0.2, -0.15) is 0 Å². The van der Waals surface area contributed by atoms with Crippen LogP contribution < -0.4 is 0 Å². The second kappa shape index (κ2) is 4.55. The number of benzene rings is 1. The van der Waals surface area contributed by atoms with E-state index >= 15 is 0 Å². The van der Waals surface area contributed by atoms with Crippen molar-refractivity contribution in [1.82, 2.24) is 4.90 Å². The van der Waals surface area contributed by atoms with Gasteiger partial charge < -0.3 is 10.0 Å². The number of phenols is 1. The van der Waals surface area contributed by atoms with Crippen LogP contribution in [0.3, 0.4) is 0 Å². The second-order valence-corrected chi connectivity index (χ2v) is 3.18. The van der Waals surface area contributed by atoms with Gasteiger partial charge in [0.05, 0.1) is 0 Å². The molecular formula is C11H15NO. The van der Waals surface area contributed by atoms with Gasteiger partial charge in [-0.3, -0.25) is 0 Å². The molecule has 0 amide bonds. The third kappa shape index (κ3) is 3.20. The van der Waals surface area contributed by atoms with Crippen molar-refractivity contribution in [1.29, 1.82) is 0 Å². The van der Waals surface area contributed by atoms with E-state index in [0.29, 0.717) is 5.75 Å². The molecule has 0 spiro atoms. The van der Waals surface area contributed by atoms with Crippen molar-refractivity contribution in [2.75, 3.05) is 14.1 Å². The highest BCUT2D eigenvalue weighted by Crippen LogP contribution is 2.16. The summed E-state index contributed by atoms with van der Waals surface area (Å²) in [6.45, 7) is 0. The highest BCUT2D eigenvalue weighted by Gasteiger charge is 1.95. The van der Waals surface area contributed by atoms with Crippen LogP contribution in [0.4, 0.5) is 0 Å². The van der Waals surface area contributed by atoms with Gasteiger partial charge in [0.2, 0.25) is 0 Å². The minimum atomic E-state index is 0.367. The Morgan fingerprint density at radius 3 is 2.62 bits per heavy atom. The Kier molecular flexibility index (Phi) is 3.38. The maximum absolute atomic E-state index is 9.43. The number of phenolic OH excluding ortho intramolecular Hbond substituents is 1. The lowest BCUT2D eigenvalue weighted by molar-refractivity contribution is 0.469. The molecule has 1 aromatic carbocycles. The van der Waals surface area contributed by atoms with Gasteiger partial charge in [-0.25, -0.2) is 0 Å². The van der Waals surface area contributed by atoms with Crippen LogP contribution in [0.15, 0.2) is 36.5 Å². The highest BCUT2D eigenvalue weighted by molar-refractivity contribution is 5.33. The fourth-order valence-electron chi connectivity index (χ4n) is 1.07. The zero-order chi connectivity index (χ0) is 9.68. The summed E-state index contributed by atoms with van der Waals surface area (Å²) in [4.78, 5) is 1.97. The predicted octanol–water partition coefficient (Wildman–Crippen LogP) is 2.01. The van der Waals surface area contributed by atoms with E-state index in [9.17, 15) is 5.11 Å². The van der Waals surface area contributed by atoms with E-state index < -0.39 is 0 Å². The number of para-hydroxylation sites is 1. The van der Waals surface area contributed by atoms with Crippen LogP contribution in [0.5, 0.6) is 5.75 Å². The molecule has 0 saturated carbocycles. The monoisotopic (exact) mass is 177 g/mol. The Balaban J connectivity index is 2.59. The summed E-state index contributed by atoms with van der Waals surface area (Å²) < 4.78 is 0. The number of rotatable bonds is 3.